The van der Waals surface area contributed by atoms with Crippen LogP contribution in [0.1, 0.15) is 26.3 Å². The van der Waals surface area contributed by atoms with Gasteiger partial charge in [-0.2, -0.15) is 0 Å². The fourth-order valence-electron chi connectivity index (χ4n) is 1.44. The van der Waals surface area contributed by atoms with Crippen molar-refractivity contribution in [3.05, 3.63) is 29.8 Å². The molecule has 1 N–H and O–H groups in total. The Morgan fingerprint density at radius 1 is 1.25 bits per heavy atom. The molecule has 1 unspecified atom stereocenters. The van der Waals surface area contributed by atoms with Crippen LogP contribution in [0.15, 0.2) is 24.3 Å². The van der Waals surface area contributed by atoms with Crippen molar-refractivity contribution in [3.8, 4) is 5.75 Å². The van der Waals surface area contributed by atoms with Crippen LogP contribution in [0, 0.1) is 12.8 Å². The summed E-state index contributed by atoms with van der Waals surface area (Å²) in [7, 11) is 0. The number of hydrogen-bond donors (Lipinski definition) is 1. The first-order valence-corrected chi connectivity index (χ1v) is 6.00. The molecule has 0 radical (unpaired) electrons. The van der Waals surface area contributed by atoms with E-state index in [1.807, 2.05) is 12.1 Å². The third-order valence-corrected chi connectivity index (χ3v) is 2.40. The second kappa shape index (κ2) is 6.54. The summed E-state index contributed by atoms with van der Waals surface area (Å²) in [4.78, 5) is 0. The van der Waals surface area contributed by atoms with E-state index in [-0.39, 0.29) is 0 Å². The lowest BCUT2D eigenvalue weighted by atomic mass is 10.2. The second-order valence-electron chi connectivity index (χ2n) is 4.80. The van der Waals surface area contributed by atoms with Gasteiger partial charge in [-0.25, -0.2) is 0 Å². The van der Waals surface area contributed by atoms with E-state index in [1.54, 1.807) is 0 Å². The zero-order valence-electron chi connectivity index (χ0n) is 10.8. The maximum atomic E-state index is 5.74. The molecule has 0 bridgehead atoms. The maximum Gasteiger partial charge on any atom is 0.119 e. The fourth-order valence-corrected chi connectivity index (χ4v) is 1.44. The predicted octanol–water partition coefficient (Wildman–Crippen LogP) is 3.01. The number of benzene rings is 1. The topological polar surface area (TPSA) is 21.3 Å². The lowest BCUT2D eigenvalue weighted by Gasteiger charge is -2.15. The van der Waals surface area contributed by atoms with Crippen LogP contribution in [-0.2, 0) is 0 Å². The Kier molecular flexibility index (Phi) is 5.33. The molecule has 1 aromatic rings. The van der Waals surface area contributed by atoms with E-state index < -0.39 is 0 Å². The van der Waals surface area contributed by atoms with E-state index in [2.05, 4.69) is 45.1 Å². The van der Waals surface area contributed by atoms with E-state index >= 15 is 0 Å². The molecule has 2 nitrogen and oxygen atoms in total. The number of aryl methyl sites for hydroxylation is 1. The first-order valence-electron chi connectivity index (χ1n) is 6.00. The Labute approximate surface area is 99.0 Å². The summed E-state index contributed by atoms with van der Waals surface area (Å²) in [5, 5.41) is 3.41. The molecule has 0 saturated carbocycles. The van der Waals surface area contributed by atoms with E-state index in [1.165, 1.54) is 5.56 Å². The normalized spacial score (nSPS) is 12.8. The largest absolute Gasteiger partial charge is 0.493 e. The predicted molar refractivity (Wildman–Crippen MR) is 69.0 cm³/mol. The minimum Gasteiger partial charge on any atom is -0.493 e. The van der Waals surface area contributed by atoms with Crippen LogP contribution >= 0.6 is 0 Å². The molecule has 2 heteroatoms. The summed E-state index contributed by atoms with van der Waals surface area (Å²) >= 11 is 0. The minimum absolute atomic E-state index is 0.530. The molecule has 0 aliphatic heterocycles. The fraction of sp³-hybridized carbons (Fsp3) is 0.571. The third kappa shape index (κ3) is 5.17. The molecule has 0 amide bonds. The molecule has 1 atom stereocenters. The van der Waals surface area contributed by atoms with E-state index in [0.717, 1.165) is 18.9 Å². The van der Waals surface area contributed by atoms with Gasteiger partial charge >= 0.3 is 0 Å². The van der Waals surface area contributed by atoms with Crippen molar-refractivity contribution in [2.75, 3.05) is 13.2 Å². The molecule has 0 spiro atoms. The minimum atomic E-state index is 0.530. The second-order valence-corrected chi connectivity index (χ2v) is 4.80. The molecule has 0 aliphatic carbocycles. The van der Waals surface area contributed by atoms with Gasteiger partial charge in [-0.05, 0) is 24.6 Å². The van der Waals surface area contributed by atoms with Crippen molar-refractivity contribution < 1.29 is 4.74 Å². The van der Waals surface area contributed by atoms with Gasteiger partial charge in [0, 0.05) is 18.5 Å². The molecule has 0 saturated heterocycles. The van der Waals surface area contributed by atoms with Crippen LogP contribution < -0.4 is 10.1 Å². The van der Waals surface area contributed by atoms with Gasteiger partial charge in [-0.15, -0.1) is 0 Å². The zero-order chi connectivity index (χ0) is 12.0. The standard InChI is InChI=1S/C14H23NO/c1-11(2)15-9-13(4)10-16-14-7-5-6-12(3)8-14/h5-8,11,13,15H,9-10H2,1-4H3. The highest BCUT2D eigenvalue weighted by atomic mass is 16.5. The van der Waals surface area contributed by atoms with Gasteiger partial charge in [0.05, 0.1) is 6.61 Å². The van der Waals surface area contributed by atoms with Crippen LogP contribution in [0.4, 0.5) is 0 Å². The number of nitrogens with one attached hydrogen (secondary N) is 1. The van der Waals surface area contributed by atoms with Crippen molar-refractivity contribution in [3.63, 3.8) is 0 Å². The Balaban J connectivity index is 2.28. The first kappa shape index (κ1) is 13.0. The molecule has 0 aromatic heterocycles. The SMILES string of the molecule is Cc1cccc(OCC(C)CNC(C)C)c1. The quantitative estimate of drug-likeness (QED) is 0.797. The highest BCUT2D eigenvalue weighted by Crippen LogP contribution is 2.13. The van der Waals surface area contributed by atoms with Gasteiger partial charge in [-0.1, -0.05) is 32.9 Å². The average Bonchev–Trinajstić information content (AvgIpc) is 2.23. The summed E-state index contributed by atoms with van der Waals surface area (Å²) in [6, 6.07) is 8.73. The molecule has 90 valence electrons. The van der Waals surface area contributed by atoms with Crippen LogP contribution in [-0.4, -0.2) is 19.2 Å². The Morgan fingerprint density at radius 2 is 2.00 bits per heavy atom. The van der Waals surface area contributed by atoms with Crippen molar-refractivity contribution >= 4 is 0 Å². The van der Waals surface area contributed by atoms with Gasteiger partial charge in [0.15, 0.2) is 0 Å². The summed E-state index contributed by atoms with van der Waals surface area (Å²) in [6.07, 6.45) is 0. The Morgan fingerprint density at radius 3 is 2.62 bits per heavy atom. The number of rotatable bonds is 6. The molecule has 0 heterocycles. The van der Waals surface area contributed by atoms with Gasteiger partial charge in [0.1, 0.15) is 5.75 Å². The molecule has 0 fully saturated rings. The lowest BCUT2D eigenvalue weighted by Crippen LogP contribution is -2.30. The summed E-state index contributed by atoms with van der Waals surface area (Å²) in [5.41, 5.74) is 1.24. The molecule has 16 heavy (non-hydrogen) atoms. The van der Waals surface area contributed by atoms with Gasteiger partial charge in [0.25, 0.3) is 0 Å². The average molecular weight is 221 g/mol. The smallest absolute Gasteiger partial charge is 0.119 e. The summed E-state index contributed by atoms with van der Waals surface area (Å²) in [5.74, 6) is 1.50. The monoisotopic (exact) mass is 221 g/mol. The number of ether oxygens (including phenoxy) is 1. The number of hydrogen-bond acceptors (Lipinski definition) is 2. The molecule has 1 rings (SSSR count). The third-order valence-electron chi connectivity index (χ3n) is 2.40. The van der Waals surface area contributed by atoms with Crippen molar-refractivity contribution in [2.45, 2.75) is 33.7 Å². The highest BCUT2D eigenvalue weighted by Gasteiger charge is 2.04. The molecular formula is C14H23NO. The molecular weight excluding hydrogens is 198 g/mol. The molecule has 1 aromatic carbocycles. The highest BCUT2D eigenvalue weighted by molar-refractivity contribution is 5.27. The van der Waals surface area contributed by atoms with Crippen LogP contribution in [0.3, 0.4) is 0 Å². The van der Waals surface area contributed by atoms with E-state index in [9.17, 15) is 0 Å². The molecule has 0 aliphatic rings. The van der Waals surface area contributed by atoms with Crippen molar-refractivity contribution in [1.29, 1.82) is 0 Å². The van der Waals surface area contributed by atoms with E-state index in [0.29, 0.717) is 12.0 Å². The van der Waals surface area contributed by atoms with Crippen LogP contribution in [0.2, 0.25) is 0 Å². The van der Waals surface area contributed by atoms with Crippen molar-refractivity contribution in [2.24, 2.45) is 5.92 Å². The Hall–Kier alpha value is -1.02. The summed E-state index contributed by atoms with van der Waals surface area (Å²) in [6.45, 7) is 10.4. The van der Waals surface area contributed by atoms with Crippen LogP contribution in [0.5, 0.6) is 5.75 Å². The Bertz CT molecular complexity index is 309. The van der Waals surface area contributed by atoms with Gasteiger partial charge < -0.3 is 10.1 Å². The zero-order valence-corrected chi connectivity index (χ0v) is 10.8. The lowest BCUT2D eigenvalue weighted by molar-refractivity contribution is 0.253. The summed E-state index contributed by atoms with van der Waals surface area (Å²) < 4.78 is 5.74. The van der Waals surface area contributed by atoms with Crippen LogP contribution in [0.25, 0.3) is 0 Å². The van der Waals surface area contributed by atoms with Gasteiger partial charge in [-0.3, -0.25) is 0 Å². The van der Waals surface area contributed by atoms with E-state index in [4.69, 9.17) is 4.74 Å². The maximum absolute atomic E-state index is 5.74. The van der Waals surface area contributed by atoms with Gasteiger partial charge in [0.2, 0.25) is 0 Å². The van der Waals surface area contributed by atoms with Crippen molar-refractivity contribution in [1.82, 2.24) is 5.32 Å². The first-order chi connectivity index (χ1) is 7.58.